The molecule has 1 aliphatic heterocycles. The number of carbonyl (C=O) groups is 2. The Labute approximate surface area is 169 Å². The molecule has 8 heteroatoms. The van der Waals surface area contributed by atoms with Gasteiger partial charge in [-0.3, -0.25) is 19.7 Å². The molecule has 2 aromatic rings. The molecule has 0 aromatic carbocycles. The second-order valence-corrected chi connectivity index (χ2v) is 7.86. The molecule has 4 rings (SSSR count). The number of H-pyrrole nitrogens is 1. The molecule has 1 saturated heterocycles. The van der Waals surface area contributed by atoms with Crippen molar-refractivity contribution in [3.8, 4) is 0 Å². The third kappa shape index (κ3) is 3.87. The molecule has 2 N–H and O–H groups in total. The predicted octanol–water partition coefficient (Wildman–Crippen LogP) is 2.65. The van der Waals surface area contributed by atoms with Crippen molar-refractivity contribution in [2.75, 3.05) is 19.6 Å². The Kier molecular flexibility index (Phi) is 5.08. The van der Waals surface area contributed by atoms with Crippen molar-refractivity contribution in [3.05, 3.63) is 47.3 Å². The maximum atomic E-state index is 12.4. The van der Waals surface area contributed by atoms with Gasteiger partial charge in [0.15, 0.2) is 5.76 Å². The van der Waals surface area contributed by atoms with Crippen LogP contribution < -0.4 is 5.32 Å². The maximum Gasteiger partial charge on any atom is 0.287 e. The Hall–Kier alpha value is -3.16. The fourth-order valence-corrected chi connectivity index (χ4v) is 4.24. The largest absolute Gasteiger partial charge is 0.456 e. The van der Waals surface area contributed by atoms with E-state index in [1.165, 1.54) is 0 Å². The number of hydrogen-bond donors (Lipinski definition) is 2. The summed E-state index contributed by atoms with van der Waals surface area (Å²) in [5.41, 5.74) is 1.60. The second-order valence-electron chi connectivity index (χ2n) is 7.86. The van der Waals surface area contributed by atoms with E-state index < -0.39 is 0 Å². The highest BCUT2D eigenvalue weighted by atomic mass is 16.3. The van der Waals surface area contributed by atoms with Crippen molar-refractivity contribution in [1.82, 2.24) is 20.4 Å². The Morgan fingerprint density at radius 2 is 2.28 bits per heavy atom. The van der Waals surface area contributed by atoms with Crippen LogP contribution in [0.1, 0.15) is 51.6 Å². The molecule has 2 aromatic heterocycles. The molecule has 1 spiro atoms. The van der Waals surface area contributed by atoms with Gasteiger partial charge in [0.05, 0.1) is 0 Å². The van der Waals surface area contributed by atoms with E-state index >= 15 is 0 Å². The molecule has 1 atom stereocenters. The fourth-order valence-electron chi connectivity index (χ4n) is 4.24. The normalized spacial score (nSPS) is 20.2. The average molecular weight is 395 g/mol. The van der Waals surface area contributed by atoms with Crippen molar-refractivity contribution in [3.63, 3.8) is 0 Å². The number of likely N-dealkylation sites (tertiary alicyclic amines) is 1. The zero-order valence-corrected chi connectivity index (χ0v) is 16.5. The van der Waals surface area contributed by atoms with Crippen molar-refractivity contribution >= 4 is 24.6 Å². The molecule has 2 aliphatic rings. The van der Waals surface area contributed by atoms with E-state index in [9.17, 15) is 9.59 Å². The molecule has 29 heavy (non-hydrogen) atoms. The van der Waals surface area contributed by atoms with Gasteiger partial charge in [0.25, 0.3) is 11.8 Å². The van der Waals surface area contributed by atoms with Gasteiger partial charge in [0.2, 0.25) is 0 Å². The van der Waals surface area contributed by atoms with Gasteiger partial charge in [0.1, 0.15) is 11.5 Å². The zero-order chi connectivity index (χ0) is 20.4. The van der Waals surface area contributed by atoms with E-state index in [-0.39, 0.29) is 17.2 Å². The predicted molar refractivity (Wildman–Crippen MR) is 109 cm³/mol. The van der Waals surface area contributed by atoms with Crippen LogP contribution in [0, 0.1) is 18.3 Å². The Morgan fingerprint density at radius 3 is 2.97 bits per heavy atom. The number of aryl methyl sites for hydroxylation is 1. The molecule has 8 nitrogen and oxygen atoms in total. The number of amides is 2. The summed E-state index contributed by atoms with van der Waals surface area (Å²) in [6.07, 6.45) is 7.95. The zero-order valence-electron chi connectivity index (χ0n) is 16.5. The monoisotopic (exact) mass is 395 g/mol. The molecule has 1 saturated carbocycles. The third-order valence-corrected chi connectivity index (χ3v) is 6.18. The number of rotatable bonds is 6. The standard InChI is InChI=1S/C21H25N5O3/c1-14-15(3-7-22-2)11-18(29-14)19(27)23-13-16-12-21(16)5-9-26(10-6-21)20(28)17-4-8-24-25-17/h3-4,7-8,11,16H,2,5-6,9-10,12-13H2,1H3,(H,23,27)(H,24,25)/b7-3-. The number of nitrogens with zero attached hydrogens (tertiary/aromatic N) is 3. The van der Waals surface area contributed by atoms with Crippen molar-refractivity contribution in [2.45, 2.75) is 26.2 Å². The first-order valence-electron chi connectivity index (χ1n) is 9.82. The summed E-state index contributed by atoms with van der Waals surface area (Å²) in [5.74, 6) is 1.24. The lowest BCUT2D eigenvalue weighted by Crippen LogP contribution is -2.40. The number of nitrogens with one attached hydrogen (secondary N) is 2. The van der Waals surface area contributed by atoms with Crippen LogP contribution in [0.15, 0.2) is 33.9 Å². The van der Waals surface area contributed by atoms with E-state index in [0.29, 0.717) is 29.7 Å². The van der Waals surface area contributed by atoms with Crippen LogP contribution in [0.5, 0.6) is 0 Å². The topological polar surface area (TPSA) is 104 Å². The van der Waals surface area contributed by atoms with Crippen LogP contribution in [-0.4, -0.2) is 53.3 Å². The van der Waals surface area contributed by atoms with Gasteiger partial charge in [-0.2, -0.15) is 5.10 Å². The van der Waals surface area contributed by atoms with E-state index in [1.54, 1.807) is 30.6 Å². The number of hydrogen-bond acceptors (Lipinski definition) is 5. The molecule has 0 radical (unpaired) electrons. The van der Waals surface area contributed by atoms with E-state index in [4.69, 9.17) is 4.42 Å². The maximum absolute atomic E-state index is 12.4. The van der Waals surface area contributed by atoms with E-state index in [2.05, 4.69) is 27.2 Å². The van der Waals surface area contributed by atoms with Gasteiger partial charge in [0, 0.05) is 37.6 Å². The summed E-state index contributed by atoms with van der Waals surface area (Å²) in [6.45, 7) is 7.33. The first kappa shape index (κ1) is 19.2. The highest BCUT2D eigenvalue weighted by molar-refractivity contribution is 5.92. The lowest BCUT2D eigenvalue weighted by atomic mass is 9.90. The minimum Gasteiger partial charge on any atom is -0.456 e. The molecule has 1 unspecified atom stereocenters. The number of carbonyl (C=O) groups excluding carboxylic acids is 2. The lowest BCUT2D eigenvalue weighted by molar-refractivity contribution is 0.0662. The van der Waals surface area contributed by atoms with Gasteiger partial charge in [-0.1, -0.05) is 0 Å². The number of aliphatic imine (C=N–C) groups is 1. The van der Waals surface area contributed by atoms with Crippen LogP contribution in [0.4, 0.5) is 0 Å². The first-order chi connectivity index (χ1) is 14.0. The average Bonchev–Trinajstić information content (AvgIpc) is 3.08. The van der Waals surface area contributed by atoms with Crippen molar-refractivity contribution < 1.29 is 14.0 Å². The van der Waals surface area contributed by atoms with Crippen LogP contribution in [-0.2, 0) is 0 Å². The summed E-state index contributed by atoms with van der Waals surface area (Å²) in [5, 5.41) is 9.58. The van der Waals surface area contributed by atoms with Gasteiger partial charge >= 0.3 is 0 Å². The fraction of sp³-hybridized carbons (Fsp3) is 0.429. The third-order valence-electron chi connectivity index (χ3n) is 6.18. The second kappa shape index (κ2) is 7.69. The first-order valence-corrected chi connectivity index (χ1v) is 9.82. The molecule has 2 fully saturated rings. The molecular formula is C21H25N5O3. The van der Waals surface area contributed by atoms with Crippen LogP contribution in [0.25, 0.3) is 6.08 Å². The minimum absolute atomic E-state index is 0.00699. The summed E-state index contributed by atoms with van der Waals surface area (Å²) >= 11 is 0. The van der Waals surface area contributed by atoms with Gasteiger partial charge in [-0.25, -0.2) is 0 Å². The smallest absolute Gasteiger partial charge is 0.287 e. The number of aromatic amines is 1. The summed E-state index contributed by atoms with van der Waals surface area (Å²) in [7, 11) is 0. The highest BCUT2D eigenvalue weighted by Gasteiger charge is 2.54. The van der Waals surface area contributed by atoms with Crippen molar-refractivity contribution in [2.24, 2.45) is 16.3 Å². The molecule has 0 bridgehead atoms. The quantitative estimate of drug-likeness (QED) is 0.734. The van der Waals surface area contributed by atoms with Crippen LogP contribution >= 0.6 is 0 Å². The SMILES string of the molecule is C=N/C=C\c1cc(C(=O)NCC2CC23CCN(C(=O)c2ccn[nH]2)CC3)oc1C. The summed E-state index contributed by atoms with van der Waals surface area (Å²) < 4.78 is 5.56. The Balaban J connectivity index is 1.26. The summed E-state index contributed by atoms with van der Waals surface area (Å²) in [4.78, 5) is 30.4. The van der Waals surface area contributed by atoms with Crippen LogP contribution in [0.2, 0.25) is 0 Å². The molecular weight excluding hydrogens is 370 g/mol. The van der Waals surface area contributed by atoms with Crippen LogP contribution in [0.3, 0.4) is 0 Å². The molecule has 152 valence electrons. The van der Waals surface area contributed by atoms with Gasteiger partial charge < -0.3 is 14.6 Å². The number of piperidine rings is 1. The van der Waals surface area contributed by atoms with Crippen molar-refractivity contribution in [1.29, 1.82) is 0 Å². The van der Waals surface area contributed by atoms with E-state index in [0.717, 1.165) is 37.9 Å². The number of furan rings is 1. The molecule has 3 heterocycles. The van der Waals surface area contributed by atoms with Gasteiger partial charge in [-0.15, -0.1) is 0 Å². The Morgan fingerprint density at radius 1 is 1.48 bits per heavy atom. The number of aromatic nitrogens is 2. The summed E-state index contributed by atoms with van der Waals surface area (Å²) in [6, 6.07) is 3.42. The molecule has 1 aliphatic carbocycles. The Bertz CT molecular complexity index is 936. The lowest BCUT2D eigenvalue weighted by Gasteiger charge is -2.32. The van der Waals surface area contributed by atoms with E-state index in [1.807, 2.05) is 11.8 Å². The molecule has 2 amide bonds. The highest BCUT2D eigenvalue weighted by Crippen LogP contribution is 2.59. The minimum atomic E-state index is -0.201. The van der Waals surface area contributed by atoms with Gasteiger partial charge in [-0.05, 0) is 62.4 Å².